The Morgan fingerprint density at radius 2 is 1.89 bits per heavy atom. The molecule has 0 unspecified atom stereocenters. The molecule has 1 aliphatic heterocycles. The summed E-state index contributed by atoms with van der Waals surface area (Å²) in [5.41, 5.74) is -0.0509. The van der Waals surface area contributed by atoms with Gasteiger partial charge in [0.25, 0.3) is 5.91 Å². The van der Waals surface area contributed by atoms with E-state index in [2.05, 4.69) is 5.32 Å². The molecule has 6 heteroatoms. The Balaban J connectivity index is 1.89. The zero-order chi connectivity index (χ0) is 19.6. The SMILES string of the molecule is CC(C)(C)NC(=O)[C@@H]1CS[C@H](C2CCCCC2)N1C(=O)c1cccc(F)c1. The normalized spacial score (nSPS) is 24.1. The van der Waals surface area contributed by atoms with Crippen molar-refractivity contribution in [1.29, 1.82) is 0 Å². The van der Waals surface area contributed by atoms with Gasteiger partial charge in [-0.1, -0.05) is 25.3 Å². The van der Waals surface area contributed by atoms with E-state index in [9.17, 15) is 14.0 Å². The number of rotatable bonds is 3. The van der Waals surface area contributed by atoms with Crippen LogP contribution in [0.4, 0.5) is 4.39 Å². The van der Waals surface area contributed by atoms with E-state index >= 15 is 0 Å². The Kier molecular flexibility index (Phi) is 6.14. The predicted octanol–water partition coefficient (Wildman–Crippen LogP) is 4.20. The molecule has 1 heterocycles. The molecular formula is C21H29FN2O2S. The van der Waals surface area contributed by atoms with Gasteiger partial charge in [-0.15, -0.1) is 11.8 Å². The van der Waals surface area contributed by atoms with Crippen LogP contribution in [0.3, 0.4) is 0 Å². The van der Waals surface area contributed by atoms with Crippen LogP contribution >= 0.6 is 11.8 Å². The van der Waals surface area contributed by atoms with Crippen LogP contribution in [0.15, 0.2) is 24.3 Å². The van der Waals surface area contributed by atoms with Crippen molar-refractivity contribution in [2.24, 2.45) is 5.92 Å². The molecule has 2 aliphatic rings. The molecule has 27 heavy (non-hydrogen) atoms. The average molecular weight is 393 g/mol. The highest BCUT2D eigenvalue weighted by Gasteiger charge is 2.45. The fraction of sp³-hybridized carbons (Fsp3) is 0.619. The first kappa shape index (κ1) is 20.2. The lowest BCUT2D eigenvalue weighted by Gasteiger charge is -2.36. The second-order valence-electron chi connectivity index (χ2n) is 8.60. The summed E-state index contributed by atoms with van der Waals surface area (Å²) >= 11 is 1.70. The maximum atomic E-state index is 13.7. The van der Waals surface area contributed by atoms with Crippen molar-refractivity contribution in [2.45, 2.75) is 69.8 Å². The molecule has 4 nitrogen and oxygen atoms in total. The summed E-state index contributed by atoms with van der Waals surface area (Å²) in [4.78, 5) is 27.9. The third kappa shape index (κ3) is 4.84. The minimum absolute atomic E-state index is 0.0169. The fourth-order valence-electron chi connectivity index (χ4n) is 3.99. The molecule has 1 aromatic rings. The molecule has 1 aliphatic carbocycles. The standard InChI is InChI=1S/C21H29FN2O2S/c1-21(2,3)23-18(25)17-13-27-20(14-8-5-4-6-9-14)24(17)19(26)15-10-7-11-16(22)12-15/h7,10-12,14,17,20H,4-6,8-9,13H2,1-3H3,(H,23,25)/t17-,20+/m0/s1. The average Bonchev–Trinajstić information content (AvgIpc) is 3.05. The van der Waals surface area contributed by atoms with Gasteiger partial charge in [-0.3, -0.25) is 9.59 Å². The van der Waals surface area contributed by atoms with E-state index in [0.717, 1.165) is 12.8 Å². The van der Waals surface area contributed by atoms with Crippen molar-refractivity contribution in [3.05, 3.63) is 35.6 Å². The zero-order valence-corrected chi connectivity index (χ0v) is 17.2. The first-order valence-corrected chi connectivity index (χ1v) is 10.8. The molecule has 2 amide bonds. The third-order valence-electron chi connectivity index (χ3n) is 5.19. The number of carbonyl (C=O) groups is 2. The maximum Gasteiger partial charge on any atom is 0.255 e. The van der Waals surface area contributed by atoms with E-state index in [0.29, 0.717) is 17.2 Å². The van der Waals surface area contributed by atoms with Crippen LogP contribution in [0.25, 0.3) is 0 Å². The van der Waals surface area contributed by atoms with Crippen LogP contribution in [-0.2, 0) is 4.79 Å². The summed E-state index contributed by atoms with van der Waals surface area (Å²) in [6.07, 6.45) is 5.74. The fourth-order valence-corrected chi connectivity index (χ4v) is 5.63. The summed E-state index contributed by atoms with van der Waals surface area (Å²) in [7, 11) is 0. The maximum absolute atomic E-state index is 13.7. The molecule has 1 saturated heterocycles. The van der Waals surface area contributed by atoms with Gasteiger partial charge in [0.2, 0.25) is 5.91 Å². The number of nitrogens with one attached hydrogen (secondary N) is 1. The van der Waals surface area contributed by atoms with Crippen molar-refractivity contribution < 1.29 is 14.0 Å². The lowest BCUT2D eigenvalue weighted by atomic mass is 9.88. The van der Waals surface area contributed by atoms with Gasteiger partial charge in [-0.25, -0.2) is 4.39 Å². The van der Waals surface area contributed by atoms with Gasteiger partial charge in [0, 0.05) is 16.9 Å². The Morgan fingerprint density at radius 3 is 2.52 bits per heavy atom. The predicted molar refractivity (Wildman–Crippen MR) is 107 cm³/mol. The van der Waals surface area contributed by atoms with Gasteiger partial charge in [-0.05, 0) is 57.7 Å². The lowest BCUT2D eigenvalue weighted by Crippen LogP contribution is -2.54. The number of thioether (sulfide) groups is 1. The number of carbonyl (C=O) groups excluding carboxylic acids is 2. The summed E-state index contributed by atoms with van der Waals surface area (Å²) in [5.74, 6) is 0.179. The van der Waals surface area contributed by atoms with Crippen LogP contribution < -0.4 is 5.32 Å². The summed E-state index contributed by atoms with van der Waals surface area (Å²) in [6.45, 7) is 5.80. The molecule has 148 valence electrons. The molecule has 0 spiro atoms. The topological polar surface area (TPSA) is 49.4 Å². The molecule has 3 rings (SSSR count). The first-order valence-electron chi connectivity index (χ1n) is 9.78. The summed E-state index contributed by atoms with van der Waals surface area (Å²) in [6, 6.07) is 5.26. The highest BCUT2D eigenvalue weighted by atomic mass is 32.2. The molecule has 0 radical (unpaired) electrons. The Labute approximate surface area is 165 Å². The minimum atomic E-state index is -0.517. The van der Waals surface area contributed by atoms with Crippen LogP contribution in [-0.4, -0.2) is 39.4 Å². The van der Waals surface area contributed by atoms with Crippen molar-refractivity contribution in [2.75, 3.05) is 5.75 Å². The largest absolute Gasteiger partial charge is 0.350 e. The smallest absolute Gasteiger partial charge is 0.255 e. The monoisotopic (exact) mass is 392 g/mol. The number of amides is 2. The van der Waals surface area contributed by atoms with Gasteiger partial charge in [0.1, 0.15) is 11.9 Å². The van der Waals surface area contributed by atoms with E-state index in [-0.39, 0.29) is 22.7 Å². The quantitative estimate of drug-likeness (QED) is 0.839. The number of benzene rings is 1. The van der Waals surface area contributed by atoms with Crippen LogP contribution in [0.2, 0.25) is 0 Å². The minimum Gasteiger partial charge on any atom is -0.350 e. The molecule has 1 aromatic carbocycles. The van der Waals surface area contributed by atoms with Gasteiger partial charge in [0.15, 0.2) is 0 Å². The molecule has 1 saturated carbocycles. The van der Waals surface area contributed by atoms with Gasteiger partial charge in [0.05, 0.1) is 5.37 Å². The summed E-state index contributed by atoms with van der Waals surface area (Å²) in [5, 5.41) is 3.00. The number of halogens is 1. The van der Waals surface area contributed by atoms with Crippen LogP contribution in [0.5, 0.6) is 0 Å². The first-order chi connectivity index (χ1) is 12.8. The second-order valence-corrected chi connectivity index (χ2v) is 9.75. The van der Waals surface area contributed by atoms with Gasteiger partial charge in [-0.2, -0.15) is 0 Å². The molecule has 0 bridgehead atoms. The van der Waals surface area contributed by atoms with E-state index in [1.807, 2.05) is 20.8 Å². The Bertz CT molecular complexity index is 698. The molecule has 2 fully saturated rings. The molecular weight excluding hydrogens is 363 g/mol. The van der Waals surface area contributed by atoms with E-state index in [1.165, 1.54) is 31.4 Å². The molecule has 1 N–H and O–H groups in total. The van der Waals surface area contributed by atoms with Gasteiger partial charge >= 0.3 is 0 Å². The van der Waals surface area contributed by atoms with E-state index < -0.39 is 11.9 Å². The van der Waals surface area contributed by atoms with E-state index in [4.69, 9.17) is 0 Å². The third-order valence-corrected chi connectivity index (χ3v) is 6.66. The van der Waals surface area contributed by atoms with Crippen LogP contribution in [0.1, 0.15) is 63.2 Å². The highest BCUT2D eigenvalue weighted by Crippen LogP contribution is 2.41. The Hall–Kier alpha value is -1.56. The van der Waals surface area contributed by atoms with Crippen LogP contribution in [0, 0.1) is 11.7 Å². The highest BCUT2D eigenvalue weighted by molar-refractivity contribution is 8.00. The molecule has 2 atom stereocenters. The second kappa shape index (κ2) is 8.21. The zero-order valence-electron chi connectivity index (χ0n) is 16.3. The molecule has 0 aromatic heterocycles. The van der Waals surface area contributed by atoms with Crippen molar-refractivity contribution in [1.82, 2.24) is 10.2 Å². The van der Waals surface area contributed by atoms with E-state index in [1.54, 1.807) is 28.8 Å². The number of hydrogen-bond donors (Lipinski definition) is 1. The van der Waals surface area contributed by atoms with Gasteiger partial charge < -0.3 is 10.2 Å². The lowest BCUT2D eigenvalue weighted by molar-refractivity contribution is -0.126. The van der Waals surface area contributed by atoms with Crippen molar-refractivity contribution in [3.63, 3.8) is 0 Å². The van der Waals surface area contributed by atoms with Crippen molar-refractivity contribution >= 4 is 23.6 Å². The number of hydrogen-bond acceptors (Lipinski definition) is 3. The summed E-state index contributed by atoms with van der Waals surface area (Å²) < 4.78 is 13.7. The Morgan fingerprint density at radius 1 is 1.19 bits per heavy atom. The van der Waals surface area contributed by atoms with Crippen molar-refractivity contribution in [3.8, 4) is 0 Å². The number of nitrogens with zero attached hydrogens (tertiary/aromatic N) is 1.